The summed E-state index contributed by atoms with van der Waals surface area (Å²) < 4.78 is 19.1. The maximum Gasteiger partial charge on any atom is 0.343 e. The van der Waals surface area contributed by atoms with E-state index in [1.54, 1.807) is 24.4 Å². The maximum atomic E-state index is 13.4. The largest absolute Gasteiger partial charge is 0.480 e. The first-order valence-electron chi connectivity index (χ1n) is 10.7. The van der Waals surface area contributed by atoms with Gasteiger partial charge in [-0.15, -0.1) is 0 Å². The SMILES string of the molecule is COC(=O)COc1c(I)cc(C=Nn2c(-c3cc4ccccc4o3)nc3ccccc3c2=O)cc1I. The van der Waals surface area contributed by atoms with Crippen LogP contribution >= 0.6 is 45.2 Å². The lowest BCUT2D eigenvalue weighted by Crippen LogP contribution is -2.20. The van der Waals surface area contributed by atoms with Gasteiger partial charge in [-0.2, -0.15) is 9.78 Å². The number of rotatable bonds is 6. The first-order chi connectivity index (χ1) is 17.4. The van der Waals surface area contributed by atoms with Crippen molar-refractivity contribution in [1.29, 1.82) is 0 Å². The van der Waals surface area contributed by atoms with Crippen LogP contribution in [0.15, 0.2) is 81.0 Å². The zero-order valence-electron chi connectivity index (χ0n) is 18.8. The fraction of sp³-hybridized carbons (Fsp3) is 0.0769. The predicted molar refractivity (Wildman–Crippen MR) is 154 cm³/mol. The van der Waals surface area contributed by atoms with E-state index in [2.05, 4.69) is 55.0 Å². The van der Waals surface area contributed by atoms with Gasteiger partial charge in [0.25, 0.3) is 5.56 Å². The monoisotopic (exact) mass is 705 g/mol. The predicted octanol–water partition coefficient (Wildman–Crippen LogP) is 5.45. The van der Waals surface area contributed by atoms with E-state index in [4.69, 9.17) is 14.1 Å². The van der Waals surface area contributed by atoms with E-state index in [1.165, 1.54) is 11.8 Å². The topological polar surface area (TPSA) is 95.9 Å². The van der Waals surface area contributed by atoms with Gasteiger partial charge in [0.1, 0.15) is 11.3 Å². The third kappa shape index (κ3) is 4.87. The Kier molecular flexibility index (Phi) is 7.05. The Morgan fingerprint density at radius 1 is 1.08 bits per heavy atom. The van der Waals surface area contributed by atoms with Crippen molar-refractivity contribution in [3.05, 3.63) is 89.8 Å². The number of halogens is 2. The highest BCUT2D eigenvalue weighted by atomic mass is 127. The summed E-state index contributed by atoms with van der Waals surface area (Å²) in [7, 11) is 1.31. The molecule has 3 aromatic carbocycles. The molecule has 2 heterocycles. The molecule has 0 atom stereocenters. The fourth-order valence-electron chi connectivity index (χ4n) is 3.59. The molecular formula is C26H17I2N3O5. The number of methoxy groups -OCH3 is 1. The highest BCUT2D eigenvalue weighted by Gasteiger charge is 2.17. The van der Waals surface area contributed by atoms with Crippen molar-refractivity contribution in [3.8, 4) is 17.3 Å². The van der Waals surface area contributed by atoms with Gasteiger partial charge in [-0.1, -0.05) is 30.3 Å². The lowest BCUT2D eigenvalue weighted by molar-refractivity contribution is -0.142. The Morgan fingerprint density at radius 3 is 2.56 bits per heavy atom. The number of benzene rings is 3. The molecule has 36 heavy (non-hydrogen) atoms. The molecule has 10 heteroatoms. The molecule has 0 aliphatic carbocycles. The second-order valence-electron chi connectivity index (χ2n) is 7.64. The first-order valence-corrected chi connectivity index (χ1v) is 12.8. The van der Waals surface area contributed by atoms with E-state index in [9.17, 15) is 9.59 Å². The van der Waals surface area contributed by atoms with Crippen LogP contribution in [-0.2, 0) is 9.53 Å². The number of aromatic nitrogens is 2. The van der Waals surface area contributed by atoms with Crippen LogP contribution in [0.3, 0.4) is 0 Å². The van der Waals surface area contributed by atoms with Crippen LogP contribution in [0.5, 0.6) is 5.75 Å². The molecule has 2 aromatic heterocycles. The van der Waals surface area contributed by atoms with Gasteiger partial charge in [-0.25, -0.2) is 9.78 Å². The highest BCUT2D eigenvalue weighted by molar-refractivity contribution is 14.1. The molecule has 0 spiro atoms. The number of hydrogen-bond donors (Lipinski definition) is 0. The Balaban J connectivity index is 1.59. The summed E-state index contributed by atoms with van der Waals surface area (Å²) in [4.78, 5) is 29.6. The van der Waals surface area contributed by atoms with Gasteiger partial charge in [-0.05, 0) is 87.1 Å². The molecule has 8 nitrogen and oxygen atoms in total. The molecule has 0 amide bonds. The zero-order valence-corrected chi connectivity index (χ0v) is 23.1. The number of hydrogen-bond acceptors (Lipinski definition) is 7. The molecule has 5 aromatic rings. The van der Waals surface area contributed by atoms with Crippen LogP contribution in [0.2, 0.25) is 0 Å². The van der Waals surface area contributed by atoms with Crippen molar-refractivity contribution in [2.45, 2.75) is 0 Å². The standard InChI is InChI=1S/C26H17I2N3O5/c1-34-23(32)14-35-24-18(27)10-15(11-19(24)28)13-29-31-25(22-12-16-6-2-5-9-21(16)36-22)30-20-8-4-3-7-17(20)26(31)33/h2-13H,14H2,1H3. The van der Waals surface area contributed by atoms with Gasteiger partial charge in [0.15, 0.2) is 12.4 Å². The van der Waals surface area contributed by atoms with Gasteiger partial charge in [-0.3, -0.25) is 4.79 Å². The van der Waals surface area contributed by atoms with Crippen LogP contribution in [0.25, 0.3) is 33.5 Å². The summed E-state index contributed by atoms with van der Waals surface area (Å²) in [6.07, 6.45) is 1.58. The van der Waals surface area contributed by atoms with Crippen LogP contribution in [0.1, 0.15) is 5.56 Å². The summed E-state index contributed by atoms with van der Waals surface area (Å²) in [5.74, 6) is 0.847. The molecule has 0 aliphatic heterocycles. The number of ether oxygens (including phenoxy) is 2. The van der Waals surface area contributed by atoms with E-state index in [0.29, 0.717) is 33.8 Å². The first kappa shape index (κ1) is 24.4. The molecule has 0 unspecified atom stereocenters. The average molecular weight is 705 g/mol. The van der Waals surface area contributed by atoms with Crippen LogP contribution in [0.4, 0.5) is 0 Å². The van der Waals surface area contributed by atoms with Gasteiger partial charge in [0.2, 0.25) is 5.82 Å². The molecule has 0 aliphatic rings. The normalized spacial score (nSPS) is 11.4. The van der Waals surface area contributed by atoms with Gasteiger partial charge >= 0.3 is 5.97 Å². The molecule has 0 saturated heterocycles. The molecule has 0 bridgehead atoms. The quantitative estimate of drug-likeness (QED) is 0.133. The smallest absolute Gasteiger partial charge is 0.343 e. The number of esters is 1. The fourth-order valence-corrected chi connectivity index (χ4v) is 5.72. The van der Waals surface area contributed by atoms with Crippen molar-refractivity contribution < 1.29 is 18.7 Å². The van der Waals surface area contributed by atoms with Gasteiger partial charge in [0, 0.05) is 5.39 Å². The molecular weight excluding hydrogens is 688 g/mol. The minimum absolute atomic E-state index is 0.186. The van der Waals surface area contributed by atoms with Crippen LogP contribution in [0, 0.1) is 7.14 Å². The van der Waals surface area contributed by atoms with Gasteiger partial charge < -0.3 is 13.9 Å². The van der Waals surface area contributed by atoms with Crippen LogP contribution in [-0.4, -0.2) is 35.6 Å². The van der Waals surface area contributed by atoms with Crippen molar-refractivity contribution >= 4 is 79.2 Å². The Hall–Kier alpha value is -3.26. The summed E-state index contributed by atoms with van der Waals surface area (Å²) in [6.45, 7) is -0.186. The van der Waals surface area contributed by atoms with Crippen molar-refractivity contribution in [2.24, 2.45) is 5.10 Å². The number of fused-ring (bicyclic) bond motifs is 2. The summed E-state index contributed by atoms with van der Waals surface area (Å²) in [6, 6.07) is 20.3. The average Bonchev–Trinajstić information content (AvgIpc) is 3.31. The second-order valence-corrected chi connectivity index (χ2v) is 9.97. The number of carbonyl (C=O) groups excluding carboxylic acids is 1. The number of carbonyl (C=O) groups is 1. The molecule has 0 fully saturated rings. The maximum absolute atomic E-state index is 13.4. The number of nitrogens with zero attached hydrogens (tertiary/aromatic N) is 3. The summed E-state index contributed by atoms with van der Waals surface area (Å²) >= 11 is 4.25. The summed E-state index contributed by atoms with van der Waals surface area (Å²) in [5.41, 5.74) is 1.68. The van der Waals surface area contributed by atoms with E-state index >= 15 is 0 Å². The zero-order chi connectivity index (χ0) is 25.2. The van der Waals surface area contributed by atoms with E-state index < -0.39 is 5.97 Å². The molecule has 0 saturated carbocycles. The minimum Gasteiger partial charge on any atom is -0.480 e. The van der Waals surface area contributed by atoms with Crippen LogP contribution < -0.4 is 10.3 Å². The third-order valence-corrected chi connectivity index (χ3v) is 6.91. The minimum atomic E-state index is -0.464. The lowest BCUT2D eigenvalue weighted by atomic mass is 10.2. The van der Waals surface area contributed by atoms with E-state index in [-0.39, 0.29) is 12.2 Å². The summed E-state index contributed by atoms with van der Waals surface area (Å²) in [5, 5.41) is 5.86. The van der Waals surface area contributed by atoms with Crippen molar-refractivity contribution in [3.63, 3.8) is 0 Å². The molecule has 0 radical (unpaired) electrons. The highest BCUT2D eigenvalue weighted by Crippen LogP contribution is 2.29. The third-order valence-electron chi connectivity index (χ3n) is 5.30. The van der Waals surface area contributed by atoms with Crippen molar-refractivity contribution in [1.82, 2.24) is 9.66 Å². The van der Waals surface area contributed by atoms with Gasteiger partial charge in [0.05, 0.1) is 31.4 Å². The van der Waals surface area contributed by atoms with Crippen molar-refractivity contribution in [2.75, 3.05) is 13.7 Å². The second kappa shape index (κ2) is 10.4. The van der Waals surface area contributed by atoms with E-state index in [1.807, 2.05) is 48.5 Å². The number of para-hydroxylation sites is 2. The van der Waals surface area contributed by atoms with E-state index in [0.717, 1.165) is 18.1 Å². The Bertz CT molecular complexity index is 1650. The Labute approximate surface area is 232 Å². The molecule has 0 N–H and O–H groups in total. The lowest BCUT2D eigenvalue weighted by Gasteiger charge is -2.10. The molecule has 5 rings (SSSR count). The Morgan fingerprint density at radius 2 is 1.81 bits per heavy atom. The molecule has 180 valence electrons. The number of furan rings is 1.